The Balaban J connectivity index is 1.98. The molecular formula is C22H20AsNO6. The van der Waals surface area contributed by atoms with Crippen LogP contribution in [0.15, 0.2) is 78.9 Å². The maximum atomic E-state index is 13.1. The van der Waals surface area contributed by atoms with E-state index in [9.17, 15) is 22.5 Å². The van der Waals surface area contributed by atoms with E-state index in [1.165, 1.54) is 13.0 Å². The van der Waals surface area contributed by atoms with Gasteiger partial charge in [-0.15, -0.1) is 0 Å². The summed E-state index contributed by atoms with van der Waals surface area (Å²) in [6.07, 6.45) is 0. The van der Waals surface area contributed by atoms with Crippen LogP contribution in [0.25, 0.3) is 0 Å². The van der Waals surface area contributed by atoms with Gasteiger partial charge in [0.1, 0.15) is 0 Å². The van der Waals surface area contributed by atoms with Gasteiger partial charge in [-0.1, -0.05) is 0 Å². The van der Waals surface area contributed by atoms with E-state index in [4.69, 9.17) is 3.73 Å². The number of nitrogens with one attached hydrogen (secondary N) is 1. The van der Waals surface area contributed by atoms with E-state index in [1.54, 1.807) is 60.7 Å². The minimum atomic E-state index is -5.44. The normalized spacial score (nSPS) is 12.8. The first-order chi connectivity index (χ1) is 14.3. The molecule has 0 spiro atoms. The maximum absolute atomic E-state index is 13.1. The van der Waals surface area contributed by atoms with Crippen LogP contribution in [-0.2, 0) is 17.1 Å². The Bertz CT molecular complexity index is 1060. The Labute approximate surface area is 176 Å². The van der Waals surface area contributed by atoms with Gasteiger partial charge in [0, 0.05) is 0 Å². The first kappa shape index (κ1) is 21.4. The van der Waals surface area contributed by atoms with Gasteiger partial charge in [0.2, 0.25) is 0 Å². The van der Waals surface area contributed by atoms with Crippen molar-refractivity contribution >= 4 is 36.1 Å². The summed E-state index contributed by atoms with van der Waals surface area (Å²) >= 11 is -5.44. The summed E-state index contributed by atoms with van der Waals surface area (Å²) in [6, 6.07) is 21.0. The van der Waals surface area contributed by atoms with Gasteiger partial charge in [-0.25, -0.2) is 0 Å². The number of anilines is 1. The molecular weight excluding hydrogens is 449 g/mol. The van der Waals surface area contributed by atoms with Crippen molar-refractivity contribution in [3.05, 3.63) is 90.0 Å². The molecule has 154 valence electrons. The molecule has 0 saturated carbocycles. The number of benzene rings is 3. The monoisotopic (exact) mass is 469 g/mol. The van der Waals surface area contributed by atoms with Crippen LogP contribution in [0.4, 0.5) is 5.69 Å². The van der Waals surface area contributed by atoms with Crippen LogP contribution >= 0.6 is 0 Å². The number of carbonyl (C=O) groups excluding carboxylic acids is 2. The van der Waals surface area contributed by atoms with E-state index in [0.29, 0.717) is 11.1 Å². The Hall–Kier alpha value is -3.28. The summed E-state index contributed by atoms with van der Waals surface area (Å²) in [5.74, 6) is -2.51. The number of hydrogen-bond acceptors (Lipinski definition) is 5. The van der Waals surface area contributed by atoms with Crippen LogP contribution in [0.2, 0.25) is 0 Å². The molecule has 3 N–H and O–H groups in total. The predicted octanol–water partition coefficient (Wildman–Crippen LogP) is 2.29. The topological polar surface area (TPSA) is 113 Å². The molecule has 0 aliphatic carbocycles. The van der Waals surface area contributed by atoms with Crippen LogP contribution in [0.1, 0.15) is 24.0 Å². The van der Waals surface area contributed by atoms with E-state index < -0.39 is 32.0 Å². The molecule has 1 unspecified atom stereocenters. The van der Waals surface area contributed by atoms with E-state index in [2.05, 4.69) is 5.32 Å². The second-order valence-corrected chi connectivity index (χ2v) is 10.1. The number of rotatable bonds is 6. The zero-order valence-corrected chi connectivity index (χ0v) is 17.9. The van der Waals surface area contributed by atoms with Crippen molar-refractivity contribution < 1.29 is 26.3 Å². The molecule has 7 nitrogen and oxygen atoms in total. The number of carbonyl (C=O) groups is 2. The second-order valence-electron chi connectivity index (χ2n) is 6.57. The molecule has 0 aliphatic rings. The predicted molar refractivity (Wildman–Crippen MR) is 112 cm³/mol. The molecule has 0 heterocycles. The number of aromatic hydroxyl groups is 1. The van der Waals surface area contributed by atoms with E-state index in [0.717, 1.165) is 12.1 Å². The number of phenols is 1. The van der Waals surface area contributed by atoms with Crippen molar-refractivity contribution in [1.29, 1.82) is 0 Å². The summed E-state index contributed by atoms with van der Waals surface area (Å²) < 4.78 is 28.6. The Kier molecular flexibility index (Phi) is 6.45. The van der Waals surface area contributed by atoms with Crippen molar-refractivity contribution in [1.82, 2.24) is 0 Å². The van der Waals surface area contributed by atoms with Gasteiger partial charge in [0.25, 0.3) is 0 Å². The molecule has 3 rings (SSSR count). The Morgan fingerprint density at radius 1 is 0.933 bits per heavy atom. The average Bonchev–Trinajstić information content (AvgIpc) is 2.69. The first-order valence-corrected chi connectivity index (χ1v) is 12.4. The molecule has 30 heavy (non-hydrogen) atoms. The molecule has 0 bridgehead atoms. The summed E-state index contributed by atoms with van der Waals surface area (Å²) in [5, 5.41) is 12.0. The van der Waals surface area contributed by atoms with Crippen LogP contribution in [-0.4, -0.2) is 35.3 Å². The third-order valence-corrected chi connectivity index (χ3v) is 7.30. The van der Waals surface area contributed by atoms with Crippen LogP contribution in [0.3, 0.4) is 0 Å². The van der Waals surface area contributed by atoms with Crippen molar-refractivity contribution in [3.63, 3.8) is 0 Å². The molecule has 1 amide bonds. The third kappa shape index (κ3) is 5.00. The molecule has 0 aromatic heterocycles. The SMILES string of the molecule is CC(=O)Nc1cc(O)ccc1[As](=O)(O)OC(=O)C(c1ccccc1)c1ccccc1. The van der Waals surface area contributed by atoms with Crippen molar-refractivity contribution in [2.24, 2.45) is 0 Å². The second kappa shape index (κ2) is 9.03. The zero-order chi connectivity index (χ0) is 21.7. The average molecular weight is 469 g/mol. The Morgan fingerprint density at radius 3 is 1.97 bits per heavy atom. The fraction of sp³-hybridized carbons (Fsp3) is 0.0909. The van der Waals surface area contributed by atoms with Gasteiger partial charge >= 0.3 is 176 Å². The summed E-state index contributed by atoms with van der Waals surface area (Å²) in [5.41, 5.74) is 1.13. The number of amides is 1. The molecule has 0 saturated heterocycles. The van der Waals surface area contributed by atoms with Gasteiger partial charge < -0.3 is 0 Å². The summed E-state index contributed by atoms with van der Waals surface area (Å²) in [7, 11) is 0. The number of phenolic OH excluding ortho intramolecular Hbond substituents is 1. The fourth-order valence-corrected chi connectivity index (χ4v) is 5.42. The molecule has 0 fully saturated rings. The van der Waals surface area contributed by atoms with Gasteiger partial charge in [-0.05, 0) is 0 Å². The standard InChI is InChI=1S/C22H20AsNO6/c1-15(25)24-20-14-18(26)12-13-19(20)23(28,29)30-22(27)21(16-8-4-2-5-9-16)17-10-6-3-7-11-17/h2-14,21,26H,1H3,(H,24,25)(H,28,29). The molecule has 0 aliphatic heterocycles. The summed E-state index contributed by atoms with van der Waals surface area (Å²) in [4.78, 5) is 24.5. The third-order valence-electron chi connectivity index (χ3n) is 4.31. The van der Waals surface area contributed by atoms with Crippen molar-refractivity contribution in [3.8, 4) is 5.75 Å². The zero-order valence-electron chi connectivity index (χ0n) is 16.1. The molecule has 3 aromatic carbocycles. The molecule has 8 heteroatoms. The van der Waals surface area contributed by atoms with E-state index >= 15 is 0 Å². The molecule has 1 atom stereocenters. The van der Waals surface area contributed by atoms with Crippen LogP contribution < -0.4 is 9.67 Å². The van der Waals surface area contributed by atoms with E-state index in [1.807, 2.05) is 0 Å². The minimum absolute atomic E-state index is 0.0868. The van der Waals surface area contributed by atoms with Gasteiger partial charge in [-0.3, -0.25) is 0 Å². The molecule has 3 aromatic rings. The van der Waals surface area contributed by atoms with Gasteiger partial charge in [0.05, 0.1) is 0 Å². The van der Waals surface area contributed by atoms with Crippen molar-refractivity contribution in [2.75, 3.05) is 5.32 Å². The first-order valence-electron chi connectivity index (χ1n) is 9.05. The van der Waals surface area contributed by atoms with Crippen molar-refractivity contribution in [2.45, 2.75) is 12.8 Å². The Morgan fingerprint density at radius 2 is 1.47 bits per heavy atom. The van der Waals surface area contributed by atoms with E-state index in [-0.39, 0.29) is 15.8 Å². The molecule has 0 radical (unpaired) electrons. The number of hydrogen-bond donors (Lipinski definition) is 3. The van der Waals surface area contributed by atoms with Crippen LogP contribution in [0, 0.1) is 0 Å². The summed E-state index contributed by atoms with van der Waals surface area (Å²) in [6.45, 7) is 1.22. The quantitative estimate of drug-likeness (QED) is 0.478. The van der Waals surface area contributed by atoms with Crippen LogP contribution in [0.5, 0.6) is 5.75 Å². The van der Waals surface area contributed by atoms with Gasteiger partial charge in [-0.2, -0.15) is 0 Å². The fourth-order valence-electron chi connectivity index (χ4n) is 3.04. The van der Waals surface area contributed by atoms with Gasteiger partial charge in [0.15, 0.2) is 0 Å².